The molecular weight excluding hydrogens is 415 g/mol. The highest BCUT2D eigenvalue weighted by Gasteiger charge is 2.25. The van der Waals surface area contributed by atoms with Crippen molar-refractivity contribution in [2.75, 3.05) is 19.9 Å². The molecule has 2 rings (SSSR count). The molecule has 2 amide bonds. The fraction of sp³-hybridized carbons (Fsp3) is 0.333. The zero-order chi connectivity index (χ0) is 21.4. The summed E-state index contributed by atoms with van der Waals surface area (Å²) in [5.74, 6) is 0.211. The second-order valence-corrected chi connectivity index (χ2v) is 7.75. The summed E-state index contributed by atoms with van der Waals surface area (Å²) in [6.07, 6.45) is 0. The van der Waals surface area contributed by atoms with Crippen molar-refractivity contribution in [3.63, 3.8) is 0 Å². The molecule has 2 aromatic rings. The summed E-state index contributed by atoms with van der Waals surface area (Å²) >= 11 is 7.30. The molecule has 1 N–H and O–H groups in total. The first-order valence-electron chi connectivity index (χ1n) is 9.02. The van der Waals surface area contributed by atoms with Gasteiger partial charge >= 0.3 is 0 Å². The van der Waals surface area contributed by atoms with Crippen molar-refractivity contribution in [2.45, 2.75) is 25.3 Å². The lowest BCUT2D eigenvalue weighted by molar-refractivity contribution is -0.138. The highest BCUT2D eigenvalue weighted by Crippen LogP contribution is 2.24. The molecule has 0 spiro atoms. The Morgan fingerprint density at radius 2 is 1.93 bits per heavy atom. The van der Waals surface area contributed by atoms with Crippen molar-refractivity contribution in [2.24, 2.45) is 0 Å². The summed E-state index contributed by atoms with van der Waals surface area (Å²) in [4.78, 5) is 26.5. The third-order valence-corrected chi connectivity index (χ3v) is 5.76. The van der Waals surface area contributed by atoms with E-state index >= 15 is 0 Å². The lowest BCUT2D eigenvalue weighted by Crippen LogP contribution is -2.47. The van der Waals surface area contributed by atoms with E-state index in [0.29, 0.717) is 16.3 Å². The molecule has 2 aromatic carbocycles. The summed E-state index contributed by atoms with van der Waals surface area (Å²) in [6, 6.07) is 11.2. The maximum atomic E-state index is 13.9. The number of hydrogen-bond donors (Lipinski definition) is 1. The SMILES string of the molecule is CNC(=O)[C@H](C)N(Cc1ccc(OC)cc1)C(=O)CSCc1c(F)cccc1Cl. The fourth-order valence-corrected chi connectivity index (χ4v) is 3.96. The van der Waals surface area contributed by atoms with Gasteiger partial charge in [-0.05, 0) is 36.8 Å². The second-order valence-electron chi connectivity index (χ2n) is 6.35. The monoisotopic (exact) mass is 438 g/mol. The molecule has 0 bridgehead atoms. The minimum atomic E-state index is -0.646. The molecule has 5 nitrogen and oxygen atoms in total. The molecule has 0 unspecified atom stereocenters. The number of likely N-dealkylation sites (N-methyl/N-ethyl adjacent to an activating group) is 1. The number of carbonyl (C=O) groups is 2. The van der Waals surface area contributed by atoms with Gasteiger partial charge in [-0.2, -0.15) is 0 Å². The Hall–Kier alpha value is -2.25. The van der Waals surface area contributed by atoms with Crippen molar-refractivity contribution < 1.29 is 18.7 Å². The Labute approximate surface area is 179 Å². The van der Waals surface area contributed by atoms with E-state index in [1.165, 1.54) is 29.8 Å². The maximum Gasteiger partial charge on any atom is 0.242 e. The second kappa shape index (κ2) is 11.1. The Balaban J connectivity index is 2.08. The predicted octanol–water partition coefficient (Wildman–Crippen LogP) is 3.88. The summed E-state index contributed by atoms with van der Waals surface area (Å²) in [5, 5.41) is 2.91. The number of carbonyl (C=O) groups excluding carboxylic acids is 2. The van der Waals surface area contributed by atoms with Crippen molar-refractivity contribution in [1.29, 1.82) is 0 Å². The molecule has 156 valence electrons. The van der Waals surface area contributed by atoms with Crippen LogP contribution in [0.2, 0.25) is 5.02 Å². The highest BCUT2D eigenvalue weighted by molar-refractivity contribution is 7.99. The molecule has 0 aliphatic rings. The Kier molecular flexibility index (Phi) is 8.79. The van der Waals surface area contributed by atoms with E-state index in [0.717, 1.165) is 5.56 Å². The molecule has 0 saturated carbocycles. The van der Waals surface area contributed by atoms with Crippen LogP contribution >= 0.6 is 23.4 Å². The molecule has 0 saturated heterocycles. The number of ether oxygens (including phenoxy) is 1. The lowest BCUT2D eigenvalue weighted by atomic mass is 10.1. The van der Waals surface area contributed by atoms with E-state index in [9.17, 15) is 14.0 Å². The van der Waals surface area contributed by atoms with Crippen LogP contribution in [0, 0.1) is 5.82 Å². The minimum Gasteiger partial charge on any atom is -0.497 e. The van der Waals surface area contributed by atoms with Crippen LogP contribution in [0.25, 0.3) is 0 Å². The number of amides is 2. The Morgan fingerprint density at radius 3 is 2.52 bits per heavy atom. The molecule has 0 radical (unpaired) electrons. The first-order valence-corrected chi connectivity index (χ1v) is 10.5. The van der Waals surface area contributed by atoms with Crippen LogP contribution in [0.15, 0.2) is 42.5 Å². The molecule has 0 aliphatic carbocycles. The Bertz CT molecular complexity index is 828. The number of thioether (sulfide) groups is 1. The van der Waals surface area contributed by atoms with E-state index in [4.69, 9.17) is 16.3 Å². The molecule has 1 atom stereocenters. The van der Waals surface area contributed by atoms with Gasteiger partial charge in [0.25, 0.3) is 0 Å². The van der Waals surface area contributed by atoms with Crippen LogP contribution < -0.4 is 10.1 Å². The molecule has 29 heavy (non-hydrogen) atoms. The van der Waals surface area contributed by atoms with E-state index in [-0.39, 0.29) is 29.9 Å². The third kappa shape index (κ3) is 6.37. The lowest BCUT2D eigenvalue weighted by Gasteiger charge is -2.28. The number of benzene rings is 2. The molecular formula is C21H24ClFN2O3S. The number of rotatable bonds is 9. The summed E-state index contributed by atoms with van der Waals surface area (Å²) < 4.78 is 19.1. The van der Waals surface area contributed by atoms with Gasteiger partial charge in [0.1, 0.15) is 17.6 Å². The van der Waals surface area contributed by atoms with Crippen molar-refractivity contribution in [3.8, 4) is 5.75 Å². The zero-order valence-corrected chi connectivity index (χ0v) is 18.1. The van der Waals surface area contributed by atoms with Gasteiger partial charge in [0.05, 0.1) is 12.9 Å². The molecule has 0 aliphatic heterocycles. The van der Waals surface area contributed by atoms with Gasteiger partial charge < -0.3 is 15.0 Å². The van der Waals surface area contributed by atoms with Crippen LogP contribution in [0.5, 0.6) is 5.75 Å². The van der Waals surface area contributed by atoms with Gasteiger partial charge in [0.2, 0.25) is 11.8 Å². The van der Waals surface area contributed by atoms with E-state index in [1.54, 1.807) is 38.3 Å². The first kappa shape index (κ1) is 23.0. The van der Waals surface area contributed by atoms with Gasteiger partial charge in [0.15, 0.2) is 0 Å². The van der Waals surface area contributed by atoms with Crippen LogP contribution in [0.3, 0.4) is 0 Å². The van der Waals surface area contributed by atoms with Gasteiger partial charge in [-0.1, -0.05) is 29.8 Å². The standard InChI is InChI=1S/C21H24ClFN2O3S/c1-14(21(27)24-2)25(11-15-7-9-16(28-3)10-8-15)20(26)13-29-12-17-18(22)5-4-6-19(17)23/h4-10,14H,11-13H2,1-3H3,(H,24,27)/t14-/m0/s1. The van der Waals surface area contributed by atoms with Gasteiger partial charge in [-0.25, -0.2) is 4.39 Å². The minimum absolute atomic E-state index is 0.0994. The predicted molar refractivity (Wildman–Crippen MR) is 115 cm³/mol. The number of methoxy groups -OCH3 is 1. The summed E-state index contributed by atoms with van der Waals surface area (Å²) in [6.45, 7) is 1.96. The number of nitrogens with zero attached hydrogens (tertiary/aromatic N) is 1. The van der Waals surface area contributed by atoms with Crippen molar-refractivity contribution in [3.05, 3.63) is 64.4 Å². The first-order chi connectivity index (χ1) is 13.9. The van der Waals surface area contributed by atoms with E-state index in [2.05, 4.69) is 5.32 Å². The van der Waals surface area contributed by atoms with Gasteiger partial charge in [-0.15, -0.1) is 11.8 Å². The van der Waals surface area contributed by atoms with Gasteiger partial charge in [-0.3, -0.25) is 9.59 Å². The zero-order valence-electron chi connectivity index (χ0n) is 16.6. The van der Waals surface area contributed by atoms with Crippen LogP contribution in [0.1, 0.15) is 18.1 Å². The number of nitrogens with one attached hydrogen (secondary N) is 1. The summed E-state index contributed by atoms with van der Waals surface area (Å²) in [7, 11) is 3.11. The molecule has 0 aromatic heterocycles. The molecule has 0 fully saturated rings. The van der Waals surface area contributed by atoms with Gasteiger partial charge in [0, 0.05) is 29.9 Å². The summed E-state index contributed by atoms with van der Waals surface area (Å²) in [5.41, 5.74) is 1.24. The maximum absolute atomic E-state index is 13.9. The molecule has 8 heteroatoms. The quantitative estimate of drug-likeness (QED) is 0.645. The fourth-order valence-electron chi connectivity index (χ4n) is 2.71. The van der Waals surface area contributed by atoms with E-state index in [1.807, 2.05) is 12.1 Å². The van der Waals surface area contributed by atoms with Crippen molar-refractivity contribution >= 4 is 35.2 Å². The smallest absolute Gasteiger partial charge is 0.242 e. The normalized spacial score (nSPS) is 11.6. The van der Waals surface area contributed by atoms with Crippen LogP contribution in [0.4, 0.5) is 4.39 Å². The number of hydrogen-bond acceptors (Lipinski definition) is 4. The average molecular weight is 439 g/mol. The Morgan fingerprint density at radius 1 is 1.24 bits per heavy atom. The van der Waals surface area contributed by atoms with E-state index < -0.39 is 11.9 Å². The number of halogens is 2. The largest absolute Gasteiger partial charge is 0.497 e. The molecule has 0 heterocycles. The van der Waals surface area contributed by atoms with Crippen LogP contribution in [-0.2, 0) is 21.9 Å². The van der Waals surface area contributed by atoms with Crippen LogP contribution in [-0.4, -0.2) is 42.7 Å². The van der Waals surface area contributed by atoms with Crippen molar-refractivity contribution in [1.82, 2.24) is 10.2 Å². The topological polar surface area (TPSA) is 58.6 Å². The highest BCUT2D eigenvalue weighted by atomic mass is 35.5. The average Bonchev–Trinajstić information content (AvgIpc) is 2.73. The third-order valence-electron chi connectivity index (χ3n) is 4.46.